The zero-order valence-corrected chi connectivity index (χ0v) is 10.6. The van der Waals surface area contributed by atoms with Crippen LogP contribution in [0.5, 0.6) is 0 Å². The Labute approximate surface area is 95.1 Å². The standard InChI is InChI=1S/C11H19NO2S/c1-8-12-9(7-15-8)5-10(13)6-11(2,3)14-4/h7,10,13H,5-6H2,1-4H3. The summed E-state index contributed by atoms with van der Waals surface area (Å²) in [6, 6.07) is 0. The topological polar surface area (TPSA) is 42.4 Å². The molecule has 0 aromatic carbocycles. The summed E-state index contributed by atoms with van der Waals surface area (Å²) in [6.07, 6.45) is 0.846. The van der Waals surface area contributed by atoms with Gasteiger partial charge in [-0.05, 0) is 20.8 Å². The van der Waals surface area contributed by atoms with Gasteiger partial charge in [-0.2, -0.15) is 0 Å². The molecule has 0 aliphatic carbocycles. The molecule has 1 aromatic heterocycles. The number of aryl methyl sites for hydroxylation is 1. The molecular weight excluding hydrogens is 210 g/mol. The molecule has 1 atom stereocenters. The summed E-state index contributed by atoms with van der Waals surface area (Å²) in [7, 11) is 1.67. The molecule has 0 fully saturated rings. The van der Waals surface area contributed by atoms with Crippen molar-refractivity contribution in [2.75, 3.05) is 7.11 Å². The van der Waals surface area contributed by atoms with Gasteiger partial charge in [-0.25, -0.2) is 4.98 Å². The van der Waals surface area contributed by atoms with Gasteiger partial charge in [0.1, 0.15) is 0 Å². The Bertz CT molecular complexity index is 309. The van der Waals surface area contributed by atoms with Gasteiger partial charge in [0.05, 0.1) is 22.4 Å². The van der Waals surface area contributed by atoms with Crippen LogP contribution in [0, 0.1) is 6.92 Å². The number of thiazole rings is 1. The second-order valence-electron chi connectivity index (χ2n) is 4.38. The fourth-order valence-electron chi connectivity index (χ4n) is 1.47. The zero-order chi connectivity index (χ0) is 11.5. The van der Waals surface area contributed by atoms with E-state index in [0.29, 0.717) is 12.8 Å². The highest BCUT2D eigenvalue weighted by molar-refractivity contribution is 7.09. The van der Waals surface area contributed by atoms with Crippen molar-refractivity contribution in [1.29, 1.82) is 0 Å². The maximum atomic E-state index is 9.86. The molecular formula is C11H19NO2S. The Morgan fingerprint density at radius 1 is 1.60 bits per heavy atom. The molecule has 15 heavy (non-hydrogen) atoms. The van der Waals surface area contributed by atoms with Gasteiger partial charge in [0.2, 0.25) is 0 Å². The first kappa shape index (κ1) is 12.6. The van der Waals surface area contributed by atoms with Crippen LogP contribution in [0.15, 0.2) is 5.38 Å². The highest BCUT2D eigenvalue weighted by atomic mass is 32.1. The predicted molar refractivity (Wildman–Crippen MR) is 62.3 cm³/mol. The lowest BCUT2D eigenvalue weighted by molar-refractivity contribution is -0.0192. The van der Waals surface area contributed by atoms with Gasteiger partial charge >= 0.3 is 0 Å². The average Bonchev–Trinajstić information content (AvgIpc) is 2.50. The zero-order valence-electron chi connectivity index (χ0n) is 9.78. The second kappa shape index (κ2) is 5.05. The molecule has 4 heteroatoms. The maximum absolute atomic E-state index is 9.86. The summed E-state index contributed by atoms with van der Waals surface area (Å²) < 4.78 is 5.27. The molecule has 3 nitrogen and oxygen atoms in total. The second-order valence-corrected chi connectivity index (χ2v) is 5.45. The van der Waals surface area contributed by atoms with Crippen LogP contribution in [-0.2, 0) is 11.2 Å². The van der Waals surface area contributed by atoms with Gasteiger partial charge in [-0.1, -0.05) is 0 Å². The van der Waals surface area contributed by atoms with Crippen LogP contribution in [0.4, 0.5) is 0 Å². The summed E-state index contributed by atoms with van der Waals surface area (Å²) in [4.78, 5) is 4.32. The molecule has 0 saturated heterocycles. The molecule has 0 amide bonds. The number of aliphatic hydroxyl groups is 1. The lowest BCUT2D eigenvalue weighted by Gasteiger charge is -2.25. The van der Waals surface area contributed by atoms with Crippen molar-refractivity contribution in [2.45, 2.75) is 45.3 Å². The lowest BCUT2D eigenvalue weighted by Crippen LogP contribution is -2.29. The first-order chi connectivity index (χ1) is 6.93. The number of ether oxygens (including phenoxy) is 1. The number of methoxy groups -OCH3 is 1. The SMILES string of the molecule is COC(C)(C)CC(O)Cc1csc(C)n1. The Balaban J connectivity index is 2.46. The molecule has 0 spiro atoms. The number of hydrogen-bond acceptors (Lipinski definition) is 4. The highest BCUT2D eigenvalue weighted by Gasteiger charge is 2.21. The van der Waals surface area contributed by atoms with Crippen LogP contribution in [0.25, 0.3) is 0 Å². The maximum Gasteiger partial charge on any atom is 0.0897 e. The van der Waals surface area contributed by atoms with Gasteiger partial charge < -0.3 is 9.84 Å². The van der Waals surface area contributed by atoms with Crippen LogP contribution < -0.4 is 0 Å². The molecule has 0 aliphatic heterocycles. The van der Waals surface area contributed by atoms with E-state index in [9.17, 15) is 5.11 Å². The minimum absolute atomic E-state index is 0.273. The molecule has 0 saturated carbocycles. The normalized spacial score (nSPS) is 14.2. The van der Waals surface area contributed by atoms with Crippen LogP contribution >= 0.6 is 11.3 Å². The third kappa shape index (κ3) is 4.28. The fraction of sp³-hybridized carbons (Fsp3) is 0.727. The average molecular weight is 229 g/mol. The van der Waals surface area contributed by atoms with E-state index in [1.165, 1.54) is 0 Å². The van der Waals surface area contributed by atoms with E-state index in [4.69, 9.17) is 4.74 Å². The fourth-order valence-corrected chi connectivity index (χ4v) is 2.09. The Kier molecular flexibility index (Phi) is 4.25. The van der Waals surface area contributed by atoms with Crippen LogP contribution in [0.3, 0.4) is 0 Å². The van der Waals surface area contributed by atoms with Crippen molar-refractivity contribution < 1.29 is 9.84 Å². The van der Waals surface area contributed by atoms with Gasteiger partial charge in [0, 0.05) is 25.3 Å². The van der Waals surface area contributed by atoms with Gasteiger partial charge in [0.15, 0.2) is 0 Å². The quantitative estimate of drug-likeness (QED) is 0.841. The Morgan fingerprint density at radius 2 is 2.27 bits per heavy atom. The largest absolute Gasteiger partial charge is 0.393 e. The minimum Gasteiger partial charge on any atom is -0.393 e. The molecule has 1 heterocycles. The van der Waals surface area contributed by atoms with E-state index in [-0.39, 0.29) is 11.7 Å². The third-order valence-corrected chi connectivity index (χ3v) is 3.21. The molecule has 0 bridgehead atoms. The van der Waals surface area contributed by atoms with Crippen molar-refractivity contribution in [1.82, 2.24) is 4.98 Å². The smallest absolute Gasteiger partial charge is 0.0897 e. The van der Waals surface area contributed by atoms with Crippen LogP contribution in [0.2, 0.25) is 0 Å². The molecule has 1 rings (SSSR count). The third-order valence-electron chi connectivity index (χ3n) is 2.39. The van der Waals surface area contributed by atoms with Gasteiger partial charge in [0.25, 0.3) is 0 Å². The number of hydrogen-bond donors (Lipinski definition) is 1. The minimum atomic E-state index is -0.388. The predicted octanol–water partition coefficient (Wildman–Crippen LogP) is 2.17. The van der Waals surface area contributed by atoms with E-state index < -0.39 is 0 Å². The molecule has 1 unspecified atom stereocenters. The van der Waals surface area contributed by atoms with E-state index >= 15 is 0 Å². The Hall–Kier alpha value is -0.450. The van der Waals surface area contributed by atoms with E-state index in [1.807, 2.05) is 26.2 Å². The summed E-state index contributed by atoms with van der Waals surface area (Å²) >= 11 is 1.62. The monoisotopic (exact) mass is 229 g/mol. The van der Waals surface area contributed by atoms with Crippen LogP contribution in [0.1, 0.15) is 31.0 Å². The van der Waals surface area contributed by atoms with Gasteiger partial charge in [-0.3, -0.25) is 0 Å². The Morgan fingerprint density at radius 3 is 2.73 bits per heavy atom. The number of aromatic nitrogens is 1. The van der Waals surface area contributed by atoms with Crippen molar-refractivity contribution in [3.8, 4) is 0 Å². The van der Waals surface area contributed by atoms with Gasteiger partial charge in [-0.15, -0.1) is 11.3 Å². The van der Waals surface area contributed by atoms with E-state index in [0.717, 1.165) is 10.7 Å². The molecule has 0 aliphatic rings. The highest BCUT2D eigenvalue weighted by Crippen LogP contribution is 2.18. The number of rotatable bonds is 5. The van der Waals surface area contributed by atoms with Crippen LogP contribution in [-0.4, -0.2) is 28.9 Å². The summed E-state index contributed by atoms with van der Waals surface area (Å²) in [5.74, 6) is 0. The van der Waals surface area contributed by atoms with Crippen molar-refractivity contribution in [2.24, 2.45) is 0 Å². The number of nitrogens with zero attached hydrogens (tertiary/aromatic N) is 1. The van der Waals surface area contributed by atoms with Crippen molar-refractivity contribution >= 4 is 11.3 Å². The van der Waals surface area contributed by atoms with Crippen molar-refractivity contribution in [3.05, 3.63) is 16.1 Å². The first-order valence-corrected chi connectivity index (χ1v) is 5.95. The number of aliphatic hydroxyl groups excluding tert-OH is 1. The lowest BCUT2D eigenvalue weighted by atomic mass is 9.98. The summed E-state index contributed by atoms with van der Waals surface area (Å²) in [5.41, 5.74) is 0.696. The van der Waals surface area contributed by atoms with E-state index in [1.54, 1.807) is 18.4 Å². The molecule has 1 aromatic rings. The molecule has 0 radical (unpaired) electrons. The molecule has 1 N–H and O–H groups in total. The summed E-state index contributed by atoms with van der Waals surface area (Å²) in [6.45, 7) is 5.92. The molecule has 86 valence electrons. The van der Waals surface area contributed by atoms with Crippen molar-refractivity contribution in [3.63, 3.8) is 0 Å². The van der Waals surface area contributed by atoms with E-state index in [2.05, 4.69) is 4.98 Å². The first-order valence-electron chi connectivity index (χ1n) is 5.07. The summed E-state index contributed by atoms with van der Waals surface area (Å²) in [5, 5.41) is 12.9.